The summed E-state index contributed by atoms with van der Waals surface area (Å²) in [5.41, 5.74) is 0.707. The van der Waals surface area contributed by atoms with Crippen molar-refractivity contribution in [2.24, 2.45) is 5.92 Å². The smallest absolute Gasteiger partial charge is 0.144 e. The number of ketones is 1. The SMILES string of the molecule is O=C(Cc1cc(F)cc(Br)c1)C1COC1. The van der Waals surface area contributed by atoms with Crippen LogP contribution in [0.25, 0.3) is 0 Å². The third-order valence-electron chi connectivity index (χ3n) is 2.39. The fraction of sp³-hybridized carbons (Fsp3) is 0.364. The van der Waals surface area contributed by atoms with Crippen LogP contribution in [-0.4, -0.2) is 19.0 Å². The van der Waals surface area contributed by atoms with E-state index < -0.39 is 0 Å². The van der Waals surface area contributed by atoms with Crippen LogP contribution in [0.4, 0.5) is 4.39 Å². The third kappa shape index (κ3) is 2.63. The quantitative estimate of drug-likeness (QED) is 0.845. The summed E-state index contributed by atoms with van der Waals surface area (Å²) in [6.45, 7) is 1.02. The second-order valence-corrected chi connectivity index (χ2v) is 4.57. The van der Waals surface area contributed by atoms with Gasteiger partial charge in [-0.25, -0.2) is 4.39 Å². The lowest BCUT2D eigenvalue weighted by atomic mass is 9.96. The van der Waals surface area contributed by atoms with E-state index in [-0.39, 0.29) is 23.9 Å². The van der Waals surface area contributed by atoms with Crippen molar-refractivity contribution in [1.29, 1.82) is 0 Å². The number of halogens is 2. The van der Waals surface area contributed by atoms with Crippen LogP contribution in [0.1, 0.15) is 5.56 Å². The molecule has 2 nitrogen and oxygen atoms in total. The summed E-state index contributed by atoms with van der Waals surface area (Å²) in [5, 5.41) is 0. The second-order valence-electron chi connectivity index (χ2n) is 3.66. The molecule has 4 heteroatoms. The van der Waals surface area contributed by atoms with Crippen molar-refractivity contribution in [2.45, 2.75) is 6.42 Å². The Kier molecular flexibility index (Phi) is 3.17. The molecule has 0 unspecified atom stereocenters. The summed E-state index contributed by atoms with van der Waals surface area (Å²) in [5.74, 6) is -0.192. The van der Waals surface area contributed by atoms with Crippen molar-refractivity contribution in [3.05, 3.63) is 34.1 Å². The molecule has 1 saturated heterocycles. The monoisotopic (exact) mass is 272 g/mol. The molecule has 1 aliphatic heterocycles. The molecule has 1 aromatic carbocycles. The Hall–Kier alpha value is -0.740. The van der Waals surface area contributed by atoms with Crippen molar-refractivity contribution >= 4 is 21.7 Å². The first-order valence-corrected chi connectivity index (χ1v) is 5.50. The summed E-state index contributed by atoms with van der Waals surface area (Å²) in [7, 11) is 0. The van der Waals surface area contributed by atoms with Gasteiger partial charge in [0.1, 0.15) is 11.6 Å². The van der Waals surface area contributed by atoms with E-state index in [1.165, 1.54) is 12.1 Å². The number of ether oxygens (including phenoxy) is 1. The lowest BCUT2D eigenvalue weighted by molar-refractivity contribution is -0.135. The van der Waals surface area contributed by atoms with Gasteiger partial charge in [-0.15, -0.1) is 0 Å². The first-order chi connectivity index (χ1) is 7.15. The maximum Gasteiger partial charge on any atom is 0.144 e. The Balaban J connectivity index is 2.06. The van der Waals surface area contributed by atoms with Gasteiger partial charge in [-0.1, -0.05) is 15.9 Å². The Bertz CT molecular complexity index is 368. The molecule has 0 N–H and O–H groups in total. The fourth-order valence-corrected chi connectivity index (χ4v) is 1.99. The molecular weight excluding hydrogens is 263 g/mol. The number of benzene rings is 1. The highest BCUT2D eigenvalue weighted by atomic mass is 79.9. The van der Waals surface area contributed by atoms with Gasteiger partial charge in [0.15, 0.2) is 0 Å². The van der Waals surface area contributed by atoms with Crippen LogP contribution in [-0.2, 0) is 16.0 Å². The van der Waals surface area contributed by atoms with E-state index >= 15 is 0 Å². The molecule has 0 aromatic heterocycles. The number of hydrogen-bond donors (Lipinski definition) is 0. The minimum absolute atomic E-state index is 0.00652. The molecule has 15 heavy (non-hydrogen) atoms. The van der Waals surface area contributed by atoms with Crippen LogP contribution in [0, 0.1) is 11.7 Å². The maximum absolute atomic E-state index is 13.0. The number of rotatable bonds is 3. The summed E-state index contributed by atoms with van der Waals surface area (Å²) < 4.78 is 18.6. The Morgan fingerprint density at radius 2 is 2.20 bits per heavy atom. The Morgan fingerprint density at radius 3 is 2.73 bits per heavy atom. The molecule has 80 valence electrons. The van der Waals surface area contributed by atoms with Gasteiger partial charge in [0.05, 0.1) is 19.1 Å². The molecule has 0 atom stereocenters. The lowest BCUT2D eigenvalue weighted by Gasteiger charge is -2.24. The molecule has 1 aromatic rings. The molecule has 0 saturated carbocycles. The summed E-state index contributed by atoms with van der Waals surface area (Å²) in [6, 6.07) is 4.53. The zero-order valence-electron chi connectivity index (χ0n) is 8.00. The van der Waals surface area contributed by atoms with Gasteiger partial charge in [-0.2, -0.15) is 0 Å². The van der Waals surface area contributed by atoms with Gasteiger partial charge >= 0.3 is 0 Å². The Morgan fingerprint density at radius 1 is 1.47 bits per heavy atom. The average Bonchev–Trinajstić information content (AvgIpc) is 1.96. The predicted octanol–water partition coefficient (Wildman–Crippen LogP) is 2.35. The van der Waals surface area contributed by atoms with Crippen molar-refractivity contribution in [3.63, 3.8) is 0 Å². The molecule has 0 bridgehead atoms. The average molecular weight is 273 g/mol. The van der Waals surface area contributed by atoms with Gasteiger partial charge in [-0.05, 0) is 23.8 Å². The van der Waals surface area contributed by atoms with Crippen molar-refractivity contribution in [2.75, 3.05) is 13.2 Å². The third-order valence-corrected chi connectivity index (χ3v) is 2.85. The van der Waals surface area contributed by atoms with E-state index in [4.69, 9.17) is 4.74 Å². The maximum atomic E-state index is 13.0. The van der Waals surface area contributed by atoms with Gasteiger partial charge < -0.3 is 4.74 Å². The zero-order valence-corrected chi connectivity index (χ0v) is 9.59. The van der Waals surface area contributed by atoms with Crippen molar-refractivity contribution in [1.82, 2.24) is 0 Å². The van der Waals surface area contributed by atoms with Crippen molar-refractivity contribution in [3.8, 4) is 0 Å². The highest BCUT2D eigenvalue weighted by Gasteiger charge is 2.26. The minimum atomic E-state index is -0.322. The highest BCUT2D eigenvalue weighted by Crippen LogP contribution is 2.18. The molecule has 0 amide bonds. The van der Waals surface area contributed by atoms with Crippen LogP contribution in [0.3, 0.4) is 0 Å². The molecule has 1 fully saturated rings. The summed E-state index contributed by atoms with van der Waals surface area (Å²) >= 11 is 3.19. The number of carbonyl (C=O) groups is 1. The van der Waals surface area contributed by atoms with E-state index in [1.807, 2.05) is 0 Å². The first-order valence-electron chi connectivity index (χ1n) is 4.70. The molecule has 0 spiro atoms. The van der Waals surface area contributed by atoms with Gasteiger partial charge in [0.2, 0.25) is 0 Å². The van der Waals surface area contributed by atoms with Crippen LogP contribution in [0.15, 0.2) is 22.7 Å². The van der Waals surface area contributed by atoms with E-state index in [0.29, 0.717) is 23.2 Å². The topological polar surface area (TPSA) is 26.3 Å². The normalized spacial score (nSPS) is 16.1. The molecule has 1 heterocycles. The van der Waals surface area contributed by atoms with Gasteiger partial charge in [0, 0.05) is 10.9 Å². The van der Waals surface area contributed by atoms with Crippen LogP contribution >= 0.6 is 15.9 Å². The van der Waals surface area contributed by atoms with Crippen LogP contribution in [0.5, 0.6) is 0 Å². The van der Waals surface area contributed by atoms with E-state index in [1.54, 1.807) is 6.07 Å². The number of hydrogen-bond acceptors (Lipinski definition) is 2. The minimum Gasteiger partial charge on any atom is -0.380 e. The molecule has 1 aliphatic rings. The molecular formula is C11H10BrFO2. The fourth-order valence-electron chi connectivity index (χ4n) is 1.48. The van der Waals surface area contributed by atoms with Crippen LogP contribution in [0.2, 0.25) is 0 Å². The van der Waals surface area contributed by atoms with E-state index in [9.17, 15) is 9.18 Å². The van der Waals surface area contributed by atoms with Crippen molar-refractivity contribution < 1.29 is 13.9 Å². The van der Waals surface area contributed by atoms with Gasteiger partial charge in [-0.3, -0.25) is 4.79 Å². The summed E-state index contributed by atoms with van der Waals surface area (Å²) in [6.07, 6.45) is 0.282. The number of carbonyl (C=O) groups excluding carboxylic acids is 1. The predicted molar refractivity (Wildman–Crippen MR) is 57.1 cm³/mol. The zero-order chi connectivity index (χ0) is 10.8. The van der Waals surface area contributed by atoms with E-state index in [2.05, 4.69) is 15.9 Å². The van der Waals surface area contributed by atoms with Crippen LogP contribution < -0.4 is 0 Å². The standard InChI is InChI=1S/C11H10BrFO2/c12-9-1-7(2-10(13)4-9)3-11(14)8-5-15-6-8/h1-2,4,8H,3,5-6H2. The molecule has 0 radical (unpaired) electrons. The summed E-state index contributed by atoms with van der Waals surface area (Å²) in [4.78, 5) is 11.6. The highest BCUT2D eigenvalue weighted by molar-refractivity contribution is 9.10. The van der Waals surface area contributed by atoms with Gasteiger partial charge in [0.25, 0.3) is 0 Å². The number of Topliss-reactive ketones (excluding diaryl/α,β-unsaturated/α-hetero) is 1. The second kappa shape index (κ2) is 4.41. The molecule has 2 rings (SSSR count). The first kappa shape index (κ1) is 10.8. The molecule has 0 aliphatic carbocycles. The lowest BCUT2D eigenvalue weighted by Crippen LogP contribution is -2.35. The van der Waals surface area contributed by atoms with E-state index in [0.717, 1.165) is 0 Å². The largest absolute Gasteiger partial charge is 0.380 e. The Labute approximate surface area is 95.6 Å².